The number of carbonyl (C=O) groups is 1. The molecule has 2 nitrogen and oxygen atoms in total. The van der Waals surface area contributed by atoms with Gasteiger partial charge in [0.05, 0.1) is 0 Å². The number of halogens is 2. The third-order valence-corrected chi connectivity index (χ3v) is 2.20. The molecule has 0 radical (unpaired) electrons. The molecule has 0 saturated heterocycles. The molecule has 0 saturated carbocycles. The van der Waals surface area contributed by atoms with E-state index >= 15 is 0 Å². The zero-order valence-electron chi connectivity index (χ0n) is 7.34. The van der Waals surface area contributed by atoms with Crippen LogP contribution in [0.4, 0.5) is 0 Å². The first-order valence-electron chi connectivity index (χ1n) is 3.79. The van der Waals surface area contributed by atoms with Gasteiger partial charge in [-0.1, -0.05) is 17.7 Å². The van der Waals surface area contributed by atoms with Crippen LogP contribution in [-0.4, -0.2) is 16.0 Å². The van der Waals surface area contributed by atoms with Gasteiger partial charge >= 0.3 is 5.94 Å². The standard InChI is InChI=1S/C10H6Cl2O2/c1-6-2-3-7(11)4-8(6)9(5-13)10(12)14/h2-4H,1H3/p+1. The van der Waals surface area contributed by atoms with Crippen LogP contribution in [0, 0.1) is 6.92 Å². The molecule has 0 aliphatic carbocycles. The van der Waals surface area contributed by atoms with E-state index in [0.717, 1.165) is 5.56 Å². The fraction of sp³-hybridized carbons (Fsp3) is 0.100. The summed E-state index contributed by atoms with van der Waals surface area (Å²) in [6, 6.07) is 4.97. The van der Waals surface area contributed by atoms with Crippen molar-refractivity contribution in [3.8, 4) is 0 Å². The third kappa shape index (κ3) is 2.24. The molecule has 0 aliphatic rings. The van der Waals surface area contributed by atoms with Crippen molar-refractivity contribution in [2.45, 2.75) is 6.92 Å². The Morgan fingerprint density at radius 3 is 2.64 bits per heavy atom. The first-order valence-corrected chi connectivity index (χ1v) is 4.55. The van der Waals surface area contributed by atoms with Crippen molar-refractivity contribution in [2.75, 3.05) is 0 Å². The molecule has 1 aromatic rings. The molecule has 0 atom stereocenters. The average Bonchev–Trinajstić information content (AvgIpc) is 2.11. The summed E-state index contributed by atoms with van der Waals surface area (Å²) in [5.41, 5.74) is 1.20. The van der Waals surface area contributed by atoms with Gasteiger partial charge in [0, 0.05) is 10.6 Å². The van der Waals surface area contributed by atoms with Crippen LogP contribution in [0.5, 0.6) is 0 Å². The van der Waals surface area contributed by atoms with E-state index < -0.39 is 5.24 Å². The molecule has 0 aliphatic heterocycles. The van der Waals surface area contributed by atoms with Crippen LogP contribution in [0.2, 0.25) is 5.02 Å². The van der Waals surface area contributed by atoms with Crippen molar-refractivity contribution >= 4 is 40.0 Å². The minimum absolute atomic E-state index is 0.0772. The molecular formula is C10H7Cl2O2+. The van der Waals surface area contributed by atoms with E-state index in [9.17, 15) is 4.79 Å². The van der Waals surface area contributed by atoms with Crippen molar-refractivity contribution in [1.29, 1.82) is 0 Å². The summed E-state index contributed by atoms with van der Waals surface area (Å²) in [5.74, 6) is 1.76. The summed E-state index contributed by atoms with van der Waals surface area (Å²) in [6.07, 6.45) is 0. The van der Waals surface area contributed by atoms with Gasteiger partial charge in [0.1, 0.15) is 0 Å². The number of benzene rings is 1. The number of hydrogen-bond acceptors (Lipinski definition) is 1. The Labute approximate surface area is 91.1 Å². The molecule has 0 unspecified atom stereocenters. The maximum atomic E-state index is 10.9. The second-order valence-electron chi connectivity index (χ2n) is 2.72. The smallest absolute Gasteiger partial charge is 0.275 e. The van der Waals surface area contributed by atoms with Gasteiger partial charge in [-0.3, -0.25) is 4.79 Å². The Bertz CT molecular complexity index is 432. The van der Waals surface area contributed by atoms with Gasteiger partial charge in [0.25, 0.3) is 5.24 Å². The maximum absolute atomic E-state index is 10.9. The quantitative estimate of drug-likeness (QED) is 0.333. The van der Waals surface area contributed by atoms with Crippen LogP contribution >= 0.6 is 23.2 Å². The lowest BCUT2D eigenvalue weighted by Crippen LogP contribution is -1.96. The Kier molecular flexibility index (Phi) is 3.48. The second-order valence-corrected chi connectivity index (χ2v) is 3.50. The summed E-state index contributed by atoms with van der Waals surface area (Å²) >= 11 is 11.0. The van der Waals surface area contributed by atoms with Gasteiger partial charge < -0.3 is 0 Å². The van der Waals surface area contributed by atoms with E-state index in [1.54, 1.807) is 31.1 Å². The molecule has 1 aromatic carbocycles. The van der Waals surface area contributed by atoms with E-state index in [0.29, 0.717) is 10.6 Å². The number of carbonyl (C=O) groups excluding carboxylic acids is 2. The largest absolute Gasteiger partial charge is 0.355 e. The van der Waals surface area contributed by atoms with Crippen molar-refractivity contribution in [3.05, 3.63) is 34.3 Å². The topological polar surface area (TPSA) is 38.5 Å². The minimum atomic E-state index is -0.766. The number of aryl methyl sites for hydroxylation is 1. The zero-order chi connectivity index (χ0) is 10.7. The molecule has 1 rings (SSSR count). The number of rotatable bonds is 2. The predicted molar refractivity (Wildman–Crippen MR) is 57.4 cm³/mol. The lowest BCUT2D eigenvalue weighted by atomic mass is 10.0. The highest BCUT2D eigenvalue weighted by atomic mass is 35.5. The lowest BCUT2D eigenvalue weighted by molar-refractivity contribution is -0.106. The highest BCUT2D eigenvalue weighted by molar-refractivity contribution is 6.75. The molecule has 0 spiro atoms. The first kappa shape index (κ1) is 11.0. The molecule has 0 bridgehead atoms. The third-order valence-electron chi connectivity index (χ3n) is 1.78. The Balaban J connectivity index is 3.37. The molecule has 0 fully saturated rings. The molecular weight excluding hydrogens is 223 g/mol. The van der Waals surface area contributed by atoms with E-state index in [1.807, 2.05) is 0 Å². The van der Waals surface area contributed by atoms with Gasteiger partial charge in [-0.2, -0.15) is 0 Å². The van der Waals surface area contributed by atoms with Crippen LogP contribution < -0.4 is 0 Å². The Morgan fingerprint density at radius 1 is 1.50 bits per heavy atom. The minimum Gasteiger partial charge on any atom is -0.275 e. The monoisotopic (exact) mass is 229 g/mol. The van der Waals surface area contributed by atoms with Gasteiger partial charge in [0.2, 0.25) is 0 Å². The van der Waals surface area contributed by atoms with Crippen LogP contribution in [-0.2, 0) is 4.79 Å². The van der Waals surface area contributed by atoms with Crippen LogP contribution in [0.25, 0.3) is 5.57 Å². The van der Waals surface area contributed by atoms with E-state index in [2.05, 4.69) is 0 Å². The van der Waals surface area contributed by atoms with Crippen LogP contribution in [0.3, 0.4) is 0 Å². The van der Waals surface area contributed by atoms with E-state index in [-0.39, 0.29) is 5.57 Å². The Morgan fingerprint density at radius 2 is 2.14 bits per heavy atom. The van der Waals surface area contributed by atoms with Crippen LogP contribution in [0.1, 0.15) is 11.1 Å². The first-order chi connectivity index (χ1) is 6.56. The van der Waals surface area contributed by atoms with Crippen molar-refractivity contribution in [2.24, 2.45) is 0 Å². The molecule has 4 heteroatoms. The zero-order valence-corrected chi connectivity index (χ0v) is 8.86. The van der Waals surface area contributed by atoms with Gasteiger partial charge in [-0.05, 0) is 36.2 Å². The summed E-state index contributed by atoms with van der Waals surface area (Å²) in [6.45, 7) is 1.78. The van der Waals surface area contributed by atoms with Crippen molar-refractivity contribution < 1.29 is 9.59 Å². The summed E-state index contributed by atoms with van der Waals surface area (Å²) in [5, 5.41) is -0.297. The number of hydrogen-bond donors (Lipinski definition) is 0. The summed E-state index contributed by atoms with van der Waals surface area (Å²) < 4.78 is 0. The molecule has 1 N–H and O–H groups in total. The van der Waals surface area contributed by atoms with E-state index in [4.69, 9.17) is 28.0 Å². The molecule has 0 heterocycles. The Hall–Kier alpha value is -1.08. The molecule has 14 heavy (non-hydrogen) atoms. The molecule has 0 aromatic heterocycles. The lowest BCUT2D eigenvalue weighted by Gasteiger charge is -2.02. The summed E-state index contributed by atoms with van der Waals surface area (Å²) in [7, 11) is 0. The SMILES string of the molecule is Cc1ccc(Cl)cc1C(=C=[OH+])C(=O)Cl. The predicted octanol–water partition coefficient (Wildman–Crippen LogP) is 2.57. The number of allylic oxidation sites excluding steroid dienone is 1. The van der Waals surface area contributed by atoms with E-state index in [1.165, 1.54) is 0 Å². The highest BCUT2D eigenvalue weighted by Gasteiger charge is 2.16. The van der Waals surface area contributed by atoms with Gasteiger partial charge in [-0.15, -0.1) is 0 Å². The van der Waals surface area contributed by atoms with Crippen LogP contribution in [0.15, 0.2) is 18.2 Å². The maximum Gasteiger partial charge on any atom is 0.355 e. The van der Waals surface area contributed by atoms with Crippen molar-refractivity contribution in [1.82, 2.24) is 0 Å². The van der Waals surface area contributed by atoms with Gasteiger partial charge in [-0.25, -0.2) is 4.79 Å². The average molecular weight is 230 g/mol. The fourth-order valence-corrected chi connectivity index (χ4v) is 1.39. The molecule has 72 valence electrons. The molecule has 0 amide bonds. The normalized spacial score (nSPS) is 9.36. The second kappa shape index (κ2) is 4.43. The van der Waals surface area contributed by atoms with Crippen molar-refractivity contribution in [3.63, 3.8) is 0 Å². The van der Waals surface area contributed by atoms with Gasteiger partial charge in [0.15, 0.2) is 5.57 Å². The summed E-state index contributed by atoms with van der Waals surface area (Å²) in [4.78, 5) is 19.6. The fourth-order valence-electron chi connectivity index (χ4n) is 1.07. The highest BCUT2D eigenvalue weighted by Crippen LogP contribution is 2.22.